The molecule has 0 unspecified atom stereocenters. The Labute approximate surface area is 141 Å². The molecule has 2 aromatic heterocycles. The minimum Gasteiger partial charge on any atom is -0.322 e. The van der Waals surface area contributed by atoms with Gasteiger partial charge in [-0.2, -0.15) is 10.2 Å². The van der Waals surface area contributed by atoms with Crippen molar-refractivity contribution < 1.29 is 4.79 Å². The third kappa shape index (κ3) is 3.19. The number of carbonyl (C=O) groups is 1. The topological polar surface area (TPSA) is 91.7 Å². The van der Waals surface area contributed by atoms with Gasteiger partial charge in [0.05, 0.1) is 29.7 Å². The van der Waals surface area contributed by atoms with Gasteiger partial charge in [0.25, 0.3) is 0 Å². The summed E-state index contributed by atoms with van der Waals surface area (Å²) < 4.78 is 1.90. The van der Waals surface area contributed by atoms with E-state index in [-0.39, 0.29) is 11.9 Å². The summed E-state index contributed by atoms with van der Waals surface area (Å²) in [6.07, 6.45) is 2.04. The molecule has 1 aliphatic rings. The van der Waals surface area contributed by atoms with Crippen molar-refractivity contribution in [1.82, 2.24) is 29.9 Å². The lowest BCUT2D eigenvalue weighted by Gasteiger charge is -2.21. The van der Waals surface area contributed by atoms with Crippen LogP contribution in [-0.2, 0) is 11.3 Å². The van der Waals surface area contributed by atoms with Crippen molar-refractivity contribution in [3.63, 3.8) is 0 Å². The van der Waals surface area contributed by atoms with E-state index in [1.807, 2.05) is 32.4 Å². The maximum Gasteiger partial charge on any atom is 0.238 e. The highest BCUT2D eigenvalue weighted by molar-refractivity contribution is 5.93. The number of aromatic amines is 1. The molecule has 3 rings (SSSR count). The predicted octanol–water partition coefficient (Wildman–Crippen LogP) is 1.72. The van der Waals surface area contributed by atoms with Gasteiger partial charge in [-0.15, -0.1) is 0 Å². The fourth-order valence-electron chi connectivity index (χ4n) is 3.37. The zero-order valence-corrected chi connectivity index (χ0v) is 14.8. The lowest BCUT2D eigenvalue weighted by Crippen LogP contribution is -2.33. The van der Waals surface area contributed by atoms with E-state index >= 15 is 0 Å². The zero-order chi connectivity index (χ0) is 17.3. The first-order valence-corrected chi connectivity index (χ1v) is 8.46. The first kappa shape index (κ1) is 16.6. The summed E-state index contributed by atoms with van der Waals surface area (Å²) >= 11 is 0. The molecule has 1 aliphatic heterocycles. The van der Waals surface area contributed by atoms with Crippen molar-refractivity contribution in [3.05, 3.63) is 23.0 Å². The van der Waals surface area contributed by atoms with E-state index in [2.05, 4.69) is 30.5 Å². The van der Waals surface area contributed by atoms with Crippen molar-refractivity contribution in [2.24, 2.45) is 0 Å². The molecular formula is C16H25N7O. The molecule has 0 bridgehead atoms. The fraction of sp³-hybridized carbons (Fsp3) is 0.625. The number of nitrogens with one attached hydrogen (secondary N) is 2. The number of nitrogens with zero attached hydrogens (tertiary/aromatic N) is 5. The molecule has 1 saturated heterocycles. The molecule has 0 aromatic carbocycles. The molecule has 8 nitrogen and oxygen atoms in total. The van der Waals surface area contributed by atoms with Gasteiger partial charge in [-0.1, -0.05) is 0 Å². The Bertz CT molecular complexity index is 733. The summed E-state index contributed by atoms with van der Waals surface area (Å²) in [5.41, 5.74) is 2.67. The molecule has 1 fully saturated rings. The SMILES string of the molecule is CCn1nc(C)c(NC(=O)CN2CCC[C@@H]2c2n[nH]c(C)n2)c1C. The molecule has 0 radical (unpaired) electrons. The molecule has 1 amide bonds. The molecule has 0 saturated carbocycles. The number of hydrogen-bond acceptors (Lipinski definition) is 5. The second-order valence-electron chi connectivity index (χ2n) is 6.32. The number of hydrogen-bond donors (Lipinski definition) is 2. The van der Waals surface area contributed by atoms with E-state index in [0.717, 1.165) is 54.7 Å². The van der Waals surface area contributed by atoms with Crippen LogP contribution in [0, 0.1) is 20.8 Å². The molecular weight excluding hydrogens is 306 g/mol. The average Bonchev–Trinajstić information content (AvgIpc) is 3.23. The van der Waals surface area contributed by atoms with Gasteiger partial charge in [0.15, 0.2) is 5.82 Å². The summed E-state index contributed by atoms with van der Waals surface area (Å²) in [5.74, 6) is 1.57. The number of aromatic nitrogens is 5. The van der Waals surface area contributed by atoms with Gasteiger partial charge < -0.3 is 5.32 Å². The van der Waals surface area contributed by atoms with Crippen molar-refractivity contribution in [2.45, 2.75) is 53.1 Å². The van der Waals surface area contributed by atoms with Gasteiger partial charge in [0.2, 0.25) is 5.91 Å². The Kier molecular flexibility index (Phi) is 4.66. The highest BCUT2D eigenvalue weighted by Gasteiger charge is 2.30. The van der Waals surface area contributed by atoms with Crippen molar-refractivity contribution >= 4 is 11.6 Å². The fourth-order valence-corrected chi connectivity index (χ4v) is 3.37. The normalized spacial score (nSPS) is 18.2. The Morgan fingerprint density at radius 3 is 2.79 bits per heavy atom. The smallest absolute Gasteiger partial charge is 0.238 e. The summed E-state index contributed by atoms with van der Waals surface area (Å²) in [4.78, 5) is 19.1. The van der Waals surface area contributed by atoms with Crippen molar-refractivity contribution in [1.29, 1.82) is 0 Å². The standard InChI is InChI=1S/C16H25N7O/c1-5-23-11(3)15(10(2)21-23)18-14(24)9-22-8-6-7-13(22)16-17-12(4)19-20-16/h13H,5-9H2,1-4H3,(H,18,24)(H,17,19,20)/t13-/m1/s1. The lowest BCUT2D eigenvalue weighted by atomic mass is 10.2. The molecule has 24 heavy (non-hydrogen) atoms. The van der Waals surface area contributed by atoms with E-state index in [9.17, 15) is 4.79 Å². The van der Waals surface area contributed by atoms with E-state index in [1.165, 1.54) is 0 Å². The van der Waals surface area contributed by atoms with Gasteiger partial charge in [-0.05, 0) is 47.1 Å². The second-order valence-corrected chi connectivity index (χ2v) is 6.32. The molecule has 2 N–H and O–H groups in total. The van der Waals surface area contributed by atoms with Crippen LogP contribution in [0.5, 0.6) is 0 Å². The highest BCUT2D eigenvalue weighted by Crippen LogP contribution is 2.29. The number of rotatable bonds is 5. The van der Waals surface area contributed by atoms with Crippen LogP contribution < -0.4 is 5.32 Å². The zero-order valence-electron chi connectivity index (χ0n) is 14.8. The van der Waals surface area contributed by atoms with Crippen LogP contribution in [0.25, 0.3) is 0 Å². The Balaban J connectivity index is 1.67. The van der Waals surface area contributed by atoms with Crippen LogP contribution in [0.1, 0.15) is 48.8 Å². The van der Waals surface area contributed by atoms with Gasteiger partial charge in [0, 0.05) is 6.54 Å². The predicted molar refractivity (Wildman–Crippen MR) is 90.7 cm³/mol. The largest absolute Gasteiger partial charge is 0.322 e. The van der Waals surface area contributed by atoms with Gasteiger partial charge in [-0.3, -0.25) is 19.5 Å². The first-order chi connectivity index (χ1) is 11.5. The van der Waals surface area contributed by atoms with Gasteiger partial charge in [-0.25, -0.2) is 4.98 Å². The van der Waals surface area contributed by atoms with E-state index in [1.54, 1.807) is 0 Å². The van der Waals surface area contributed by atoms with Crippen LogP contribution in [0.4, 0.5) is 5.69 Å². The van der Waals surface area contributed by atoms with Crippen LogP contribution in [0.2, 0.25) is 0 Å². The quantitative estimate of drug-likeness (QED) is 0.870. The monoisotopic (exact) mass is 331 g/mol. The third-order valence-electron chi connectivity index (χ3n) is 4.57. The minimum absolute atomic E-state index is 0.0176. The molecule has 8 heteroatoms. The molecule has 130 valence electrons. The number of likely N-dealkylation sites (tertiary alicyclic amines) is 1. The second kappa shape index (κ2) is 6.72. The number of aryl methyl sites for hydroxylation is 3. The minimum atomic E-state index is -0.0176. The maximum atomic E-state index is 12.5. The van der Waals surface area contributed by atoms with E-state index in [4.69, 9.17) is 0 Å². The van der Waals surface area contributed by atoms with Crippen molar-refractivity contribution in [2.75, 3.05) is 18.4 Å². The van der Waals surface area contributed by atoms with E-state index < -0.39 is 0 Å². The number of H-pyrrole nitrogens is 1. The molecule has 2 aromatic rings. The summed E-state index contributed by atoms with van der Waals surface area (Å²) in [5, 5.41) is 14.6. The number of amides is 1. The number of carbonyl (C=O) groups excluding carboxylic acids is 1. The Morgan fingerprint density at radius 2 is 2.17 bits per heavy atom. The van der Waals surface area contributed by atoms with Crippen molar-refractivity contribution in [3.8, 4) is 0 Å². The van der Waals surface area contributed by atoms with Crippen LogP contribution in [0.15, 0.2) is 0 Å². The summed E-state index contributed by atoms with van der Waals surface area (Å²) in [6, 6.07) is 0.112. The third-order valence-corrected chi connectivity index (χ3v) is 4.57. The molecule has 0 aliphatic carbocycles. The van der Waals surface area contributed by atoms with E-state index in [0.29, 0.717) is 6.54 Å². The maximum absolute atomic E-state index is 12.5. The van der Waals surface area contributed by atoms with Crippen LogP contribution in [-0.4, -0.2) is 48.9 Å². The summed E-state index contributed by atoms with van der Waals surface area (Å²) in [7, 11) is 0. The summed E-state index contributed by atoms with van der Waals surface area (Å²) in [6.45, 7) is 9.85. The van der Waals surface area contributed by atoms with Crippen LogP contribution in [0.3, 0.4) is 0 Å². The van der Waals surface area contributed by atoms with Crippen LogP contribution >= 0.6 is 0 Å². The number of anilines is 1. The molecule has 0 spiro atoms. The average molecular weight is 331 g/mol. The molecule has 1 atom stereocenters. The first-order valence-electron chi connectivity index (χ1n) is 8.46. The van der Waals surface area contributed by atoms with Gasteiger partial charge in [0.1, 0.15) is 5.82 Å². The lowest BCUT2D eigenvalue weighted by molar-refractivity contribution is -0.117. The van der Waals surface area contributed by atoms with Gasteiger partial charge >= 0.3 is 0 Å². The molecule has 3 heterocycles. The Morgan fingerprint density at radius 1 is 1.38 bits per heavy atom. The Hall–Kier alpha value is -2.22. The highest BCUT2D eigenvalue weighted by atomic mass is 16.2.